The highest BCUT2D eigenvalue weighted by Crippen LogP contribution is 2.40. The molecule has 14 bridgehead atoms. The van der Waals surface area contributed by atoms with Crippen molar-refractivity contribution in [1.82, 2.24) is 5.32 Å². The molecule has 23 rings (SSSR count). The number of carbonyl (C=O) groups excluding carboxylic acids is 1. The van der Waals surface area contributed by atoms with Gasteiger partial charge >= 0.3 is 5.97 Å². The second kappa shape index (κ2) is 31.5. The first kappa shape index (κ1) is 75.9. The second-order valence-electron chi connectivity index (χ2n) is 25.9. The predicted molar refractivity (Wildman–Crippen MR) is 302 cm³/mol. The lowest BCUT2D eigenvalue weighted by molar-refractivity contribution is -0.396. The lowest BCUT2D eigenvalue weighted by atomic mass is 9.85. The zero-order valence-electron chi connectivity index (χ0n) is 51.9. The van der Waals surface area contributed by atoms with Crippen molar-refractivity contribution in [3.8, 4) is 0 Å². The van der Waals surface area contributed by atoms with E-state index in [1.54, 1.807) is 24.3 Å². The molecule has 0 aliphatic carbocycles. The molecule has 22 aliphatic rings. The van der Waals surface area contributed by atoms with Crippen molar-refractivity contribution >= 4 is 17.6 Å². The van der Waals surface area contributed by atoms with E-state index < -0.39 is 285 Å². The maximum atomic E-state index is 14.4. The molecule has 22 heterocycles. The van der Waals surface area contributed by atoms with Crippen molar-refractivity contribution in [2.75, 3.05) is 46.2 Å². The molecule has 552 valence electrons. The van der Waals surface area contributed by atoms with Crippen LogP contribution in [0.5, 0.6) is 0 Å². The molecule has 0 aromatic heterocycles. The fourth-order valence-electron chi connectivity index (χ4n) is 12.9. The average Bonchev–Trinajstić information content (AvgIpc) is 1.72. The third-order valence-corrected chi connectivity index (χ3v) is 18.5. The standard InChI is InChI=1S/C57H86N2O38/c1-57(2,3)16-6-4-15(5-7-16)25-24(47(49(81)82)97-59-25)48(80)58-8-17-40-26(66)33(73)50(83-17)91-41-18(9-60)85-52(35(75)28(41)68)93-43-20(11-62)87-54(37(77)30(43)70)95-45-22(13-64)89-56(39(79)32(45)72)96-46-23(14-65)88-55(38(78)31(46)71)94-44-21(12-63)86-53(36(76)29(44)69)92-42-19(10-61)84-51(90-40)34(74)27(42)67/h4-7,17-24,26-47,50-56,60-79H,8-14H2,1-3H3,(H,58,80)(H,81,82)/t17-,18-,19-,20-,21-,22-,23-,24-,26-,27-,28-,29-,30-,31-,32-,33-,34-,35-,36-,37-,38-,39-,40-,41-,42-,43-,44-,45-,46-,47-,50-,51-,52-,53-,54-,55-,56-/m1/s1. The fourth-order valence-corrected chi connectivity index (χ4v) is 12.9. The number of aliphatic hydroxyl groups excluding tert-OH is 20. The number of benzene rings is 1. The van der Waals surface area contributed by atoms with Crippen LogP contribution in [0.15, 0.2) is 29.4 Å². The number of hydrogen-bond donors (Lipinski definition) is 22. The quantitative estimate of drug-likeness (QED) is 0.0978. The summed E-state index contributed by atoms with van der Waals surface area (Å²) < 4.78 is 81.4. The van der Waals surface area contributed by atoms with E-state index in [-0.39, 0.29) is 16.7 Å². The number of nitrogens with one attached hydrogen (secondary N) is 1. The Hall–Kier alpha value is -3.73. The Morgan fingerprint density at radius 1 is 0.371 bits per heavy atom. The molecule has 0 radical (unpaired) electrons. The highest BCUT2D eigenvalue weighted by atomic mass is 16.8. The van der Waals surface area contributed by atoms with Gasteiger partial charge in [0.25, 0.3) is 0 Å². The van der Waals surface area contributed by atoms with Crippen molar-refractivity contribution in [2.24, 2.45) is 11.1 Å². The van der Waals surface area contributed by atoms with Crippen LogP contribution >= 0.6 is 0 Å². The number of ether oxygens (including phenoxy) is 14. The van der Waals surface area contributed by atoms with E-state index in [9.17, 15) is 117 Å². The summed E-state index contributed by atoms with van der Waals surface area (Å²) in [7, 11) is 0. The molecule has 1 aromatic rings. The molecule has 21 saturated heterocycles. The number of carboxylic acid groups (broad SMARTS) is 1. The van der Waals surface area contributed by atoms with Gasteiger partial charge in [-0.25, -0.2) is 4.79 Å². The number of aliphatic carboxylic acids is 1. The summed E-state index contributed by atoms with van der Waals surface area (Å²) in [6.45, 7) is -1.69. The Balaban J connectivity index is 0.957. The number of oxime groups is 1. The van der Waals surface area contributed by atoms with Crippen molar-refractivity contribution in [3.63, 3.8) is 0 Å². The largest absolute Gasteiger partial charge is 0.478 e. The zero-order valence-corrected chi connectivity index (χ0v) is 51.9. The number of aliphatic hydroxyl groups is 20. The summed E-state index contributed by atoms with van der Waals surface area (Å²) in [5, 5.41) is 242. The van der Waals surface area contributed by atoms with Crippen LogP contribution in [-0.2, 0) is 86.2 Å². The summed E-state index contributed by atoms with van der Waals surface area (Å²) >= 11 is 0. The van der Waals surface area contributed by atoms with Gasteiger partial charge in [-0.05, 0) is 11.0 Å². The number of carbonyl (C=O) groups is 2. The Bertz CT molecular complexity index is 2760. The van der Waals surface area contributed by atoms with Gasteiger partial charge in [0.2, 0.25) is 12.0 Å². The Labute approximate surface area is 549 Å². The van der Waals surface area contributed by atoms with Gasteiger partial charge in [-0.2, -0.15) is 0 Å². The maximum Gasteiger partial charge on any atom is 0.349 e. The third-order valence-electron chi connectivity index (χ3n) is 18.5. The first-order valence-electron chi connectivity index (χ1n) is 31.2. The van der Waals surface area contributed by atoms with E-state index >= 15 is 0 Å². The molecule has 0 saturated carbocycles. The number of nitrogens with zero attached hydrogens (tertiary/aromatic N) is 1. The molecule has 22 aliphatic heterocycles. The monoisotopic (exact) mass is 1410 g/mol. The minimum absolute atomic E-state index is 0.142. The lowest BCUT2D eigenvalue weighted by Crippen LogP contribution is -2.68. The van der Waals surface area contributed by atoms with Gasteiger partial charge in [0, 0.05) is 12.1 Å². The van der Waals surface area contributed by atoms with Crippen molar-refractivity contribution < 1.29 is 188 Å². The highest BCUT2D eigenvalue weighted by Gasteiger charge is 2.60. The lowest BCUT2D eigenvalue weighted by Gasteiger charge is -2.50. The van der Waals surface area contributed by atoms with Crippen molar-refractivity contribution in [3.05, 3.63) is 35.4 Å². The molecular weight excluding hydrogens is 1320 g/mol. The van der Waals surface area contributed by atoms with Gasteiger partial charge in [-0.15, -0.1) is 0 Å². The van der Waals surface area contributed by atoms with E-state index in [1.807, 2.05) is 20.8 Å². The summed E-state index contributed by atoms with van der Waals surface area (Å²) in [6.07, 6.45) is -75.4. The van der Waals surface area contributed by atoms with Crippen LogP contribution in [0, 0.1) is 5.92 Å². The smallest absolute Gasteiger partial charge is 0.349 e. The Kier molecular flexibility index (Phi) is 24.6. The highest BCUT2D eigenvalue weighted by molar-refractivity contribution is 6.16. The van der Waals surface area contributed by atoms with Crippen LogP contribution < -0.4 is 5.32 Å². The molecular formula is C57H86N2O38. The normalized spacial score (nSPS) is 48.6. The van der Waals surface area contributed by atoms with Gasteiger partial charge in [0.15, 0.2) is 44.0 Å². The fraction of sp³-hybridized carbons (Fsp3) is 0.842. The third kappa shape index (κ3) is 15.2. The van der Waals surface area contributed by atoms with Gasteiger partial charge in [-0.3, -0.25) is 4.79 Å². The number of carboxylic acids is 1. The van der Waals surface area contributed by atoms with E-state index in [1.165, 1.54) is 0 Å². The summed E-state index contributed by atoms with van der Waals surface area (Å²) in [6, 6.07) is 6.62. The Morgan fingerprint density at radius 2 is 0.608 bits per heavy atom. The first-order valence-corrected chi connectivity index (χ1v) is 31.2. The first-order chi connectivity index (χ1) is 46.0. The van der Waals surface area contributed by atoms with Crippen LogP contribution in [0.3, 0.4) is 0 Å². The molecule has 40 heteroatoms. The average molecular weight is 1410 g/mol. The Morgan fingerprint density at radius 3 is 0.835 bits per heavy atom. The summed E-state index contributed by atoms with van der Waals surface area (Å²) in [4.78, 5) is 32.2. The van der Waals surface area contributed by atoms with Crippen LogP contribution in [0.4, 0.5) is 0 Å². The minimum Gasteiger partial charge on any atom is -0.478 e. The summed E-state index contributed by atoms with van der Waals surface area (Å²) in [5.74, 6) is -4.43. The molecule has 0 unspecified atom stereocenters. The predicted octanol–water partition coefficient (Wildman–Crippen LogP) is -13.3. The molecule has 1 amide bonds. The van der Waals surface area contributed by atoms with Gasteiger partial charge in [0.1, 0.15) is 183 Å². The van der Waals surface area contributed by atoms with E-state index in [4.69, 9.17) is 71.2 Å². The maximum absolute atomic E-state index is 14.4. The van der Waals surface area contributed by atoms with Gasteiger partial charge in [-0.1, -0.05) is 50.2 Å². The van der Waals surface area contributed by atoms with Gasteiger partial charge in [0.05, 0.1) is 39.6 Å². The van der Waals surface area contributed by atoms with Crippen molar-refractivity contribution in [2.45, 2.75) is 247 Å². The number of amides is 1. The molecule has 40 nitrogen and oxygen atoms in total. The summed E-state index contributed by atoms with van der Waals surface area (Å²) in [5.41, 5.74) is 0.653. The van der Waals surface area contributed by atoms with Crippen LogP contribution in [-0.4, -0.2) is 392 Å². The second-order valence-corrected chi connectivity index (χ2v) is 25.9. The SMILES string of the molecule is CC(C)(C)c1ccc(C2=NO[C@@H](C(=O)O)[C@@H]2C(=O)NC[C@H]2O[C@@H]3O[C@H]4[C@H](O)[C@@H](O)[C@@H](O[C@H]5[C@H](O)[C@@H](O)[C@@H](O[C@H]6[C@H](O)[C@@H](O)[C@@H](O[C@H]7[C@H](O)[C@@H](O)[C@@H](O[C@H]8[C@H](O)[C@@H](O)[C@@H](O[C@H]9[C@H](O)[C@@H](O)[C@@H](O[C@H]2[C@H](O)[C@H]3O)O[C@@H]9CO)O[C@@H]8CO)O[C@@H]7CO)O[C@@H]6CO)O[C@@H]5CO)O[C@@H]4CO)cc1. The minimum atomic E-state index is -2.37. The topological polar surface area (TPSA) is 622 Å². The van der Waals surface area contributed by atoms with E-state index in [2.05, 4.69) is 10.5 Å². The van der Waals surface area contributed by atoms with Crippen LogP contribution in [0.1, 0.15) is 31.9 Å². The molecule has 37 atom stereocenters. The molecule has 1 aromatic carbocycles. The van der Waals surface area contributed by atoms with E-state index in [0.29, 0.717) is 0 Å². The van der Waals surface area contributed by atoms with Crippen molar-refractivity contribution in [1.29, 1.82) is 0 Å². The molecule has 0 spiro atoms. The number of hydrogen-bond acceptors (Lipinski definition) is 38. The number of rotatable bonds is 11. The van der Waals surface area contributed by atoms with E-state index in [0.717, 1.165) is 5.56 Å². The molecule has 97 heavy (non-hydrogen) atoms. The molecule has 21 fully saturated rings. The molecule has 22 N–H and O–H groups in total. The van der Waals surface area contributed by atoms with Gasteiger partial charge < -0.3 is 184 Å². The van der Waals surface area contributed by atoms with Crippen LogP contribution in [0.2, 0.25) is 0 Å². The van der Waals surface area contributed by atoms with Crippen LogP contribution in [0.25, 0.3) is 0 Å². The zero-order chi connectivity index (χ0) is 70.5.